The summed E-state index contributed by atoms with van der Waals surface area (Å²) in [5.74, 6) is 0.724. The summed E-state index contributed by atoms with van der Waals surface area (Å²) in [6.45, 7) is 7.42. The Balaban J connectivity index is 1.74. The lowest BCUT2D eigenvalue weighted by molar-refractivity contribution is 0.187. The Kier molecular flexibility index (Phi) is 4.70. The number of phenols is 1. The molecule has 2 aromatic heterocycles. The van der Waals surface area contributed by atoms with E-state index in [1.54, 1.807) is 25.3 Å². The van der Waals surface area contributed by atoms with E-state index in [9.17, 15) is 5.11 Å². The number of ether oxygens (including phenoxy) is 1. The number of aromatic nitrogens is 4. The highest BCUT2D eigenvalue weighted by Gasteiger charge is 2.24. The molecule has 3 heterocycles. The number of fused-ring (bicyclic) bond motifs is 1. The minimum atomic E-state index is 0.122. The van der Waals surface area contributed by atoms with Crippen LogP contribution in [-0.2, 0) is 0 Å². The Morgan fingerprint density at radius 3 is 2.89 bits per heavy atom. The third kappa shape index (κ3) is 3.12. The van der Waals surface area contributed by atoms with Gasteiger partial charge in [-0.15, -0.1) is 10.2 Å². The first-order valence-corrected chi connectivity index (χ1v) is 9.42. The number of nitrogens with zero attached hydrogens (tertiary/aromatic N) is 5. The van der Waals surface area contributed by atoms with E-state index in [1.165, 1.54) is 6.42 Å². The Hall–Kier alpha value is -2.67. The number of piperidine rings is 1. The zero-order valence-electron chi connectivity index (χ0n) is 16.0. The molecule has 7 heteroatoms. The second kappa shape index (κ2) is 7.15. The van der Waals surface area contributed by atoms with Gasteiger partial charge < -0.3 is 19.3 Å². The number of aryl methyl sites for hydroxylation is 1. The van der Waals surface area contributed by atoms with Crippen LogP contribution in [0, 0.1) is 6.92 Å². The molecule has 142 valence electrons. The summed E-state index contributed by atoms with van der Waals surface area (Å²) in [5, 5.41) is 19.3. The van der Waals surface area contributed by atoms with Crippen LogP contribution in [0.1, 0.15) is 31.4 Å². The van der Waals surface area contributed by atoms with Crippen molar-refractivity contribution in [3.05, 3.63) is 30.1 Å². The highest BCUT2D eigenvalue weighted by Crippen LogP contribution is 2.35. The van der Waals surface area contributed by atoms with E-state index in [0.29, 0.717) is 23.0 Å². The van der Waals surface area contributed by atoms with Crippen molar-refractivity contribution in [3.8, 4) is 22.8 Å². The van der Waals surface area contributed by atoms with Crippen LogP contribution in [0.5, 0.6) is 11.5 Å². The van der Waals surface area contributed by atoms with Gasteiger partial charge in [-0.25, -0.2) is 4.98 Å². The van der Waals surface area contributed by atoms with Gasteiger partial charge in [0.05, 0.1) is 13.4 Å². The van der Waals surface area contributed by atoms with Gasteiger partial charge in [0.15, 0.2) is 5.65 Å². The van der Waals surface area contributed by atoms with Crippen molar-refractivity contribution < 1.29 is 9.84 Å². The maximum atomic E-state index is 10.4. The first-order chi connectivity index (χ1) is 13.1. The summed E-state index contributed by atoms with van der Waals surface area (Å²) >= 11 is 0. The van der Waals surface area contributed by atoms with Crippen molar-refractivity contribution in [2.75, 3.05) is 26.7 Å². The average molecular weight is 367 g/mol. The maximum Gasteiger partial charge on any atom is 0.183 e. The summed E-state index contributed by atoms with van der Waals surface area (Å²) in [6.07, 6.45) is 4.19. The van der Waals surface area contributed by atoms with Crippen LogP contribution in [0.3, 0.4) is 0 Å². The molecule has 0 saturated carbocycles. The molecule has 0 spiro atoms. The predicted octanol–water partition coefficient (Wildman–Crippen LogP) is 3.17. The number of benzene rings is 1. The van der Waals surface area contributed by atoms with Gasteiger partial charge in [0.1, 0.15) is 22.7 Å². The lowest BCUT2D eigenvalue weighted by atomic mass is 10.0. The Morgan fingerprint density at radius 1 is 1.30 bits per heavy atom. The fraction of sp³-hybridized carbons (Fsp3) is 0.450. The third-order valence-corrected chi connectivity index (χ3v) is 5.50. The smallest absolute Gasteiger partial charge is 0.183 e. The van der Waals surface area contributed by atoms with Gasteiger partial charge in [0.2, 0.25) is 0 Å². The topological polar surface area (TPSA) is 76.3 Å². The molecule has 1 fully saturated rings. The largest absolute Gasteiger partial charge is 0.507 e. The average Bonchev–Trinajstić information content (AvgIpc) is 3.13. The van der Waals surface area contributed by atoms with E-state index in [4.69, 9.17) is 4.74 Å². The predicted molar refractivity (Wildman–Crippen MR) is 104 cm³/mol. The second-order valence-corrected chi connectivity index (χ2v) is 7.07. The monoisotopic (exact) mass is 367 g/mol. The molecule has 1 aliphatic heterocycles. The number of phenolic OH excluding ortho intramolecular Hbond substituents is 1. The molecular formula is C20H25N5O2. The first kappa shape index (κ1) is 17.7. The summed E-state index contributed by atoms with van der Waals surface area (Å²) in [4.78, 5) is 7.09. The molecule has 4 rings (SSSR count). The number of imidazole rings is 1. The minimum absolute atomic E-state index is 0.122. The maximum absolute atomic E-state index is 10.4. The number of likely N-dealkylation sites (N-methyl/N-ethyl adjacent to an activating group) is 1. The van der Waals surface area contributed by atoms with Crippen LogP contribution in [0.25, 0.3) is 22.4 Å². The third-order valence-electron chi connectivity index (χ3n) is 5.50. The fourth-order valence-electron chi connectivity index (χ4n) is 3.91. The molecule has 1 saturated heterocycles. The molecule has 0 unspecified atom stereocenters. The fourth-order valence-corrected chi connectivity index (χ4v) is 3.91. The molecule has 0 bridgehead atoms. The number of likely N-dealkylation sites (tertiary alicyclic amines) is 1. The zero-order chi connectivity index (χ0) is 19.0. The minimum Gasteiger partial charge on any atom is -0.507 e. The van der Waals surface area contributed by atoms with Gasteiger partial charge in [0, 0.05) is 29.8 Å². The molecule has 1 aromatic carbocycles. The highest BCUT2D eigenvalue weighted by atomic mass is 16.5. The molecule has 3 aromatic rings. The number of hydrogen-bond donors (Lipinski definition) is 1. The van der Waals surface area contributed by atoms with Crippen molar-refractivity contribution in [1.29, 1.82) is 0 Å². The Bertz CT molecular complexity index is 968. The lowest BCUT2D eigenvalue weighted by Gasteiger charge is -2.32. The number of methoxy groups -OCH3 is 1. The molecule has 1 aliphatic rings. The van der Waals surface area contributed by atoms with Crippen molar-refractivity contribution in [1.82, 2.24) is 24.6 Å². The second-order valence-electron chi connectivity index (χ2n) is 7.07. The molecule has 27 heavy (non-hydrogen) atoms. The van der Waals surface area contributed by atoms with Gasteiger partial charge in [0.25, 0.3) is 0 Å². The van der Waals surface area contributed by atoms with Crippen LogP contribution in [0.2, 0.25) is 0 Å². The van der Waals surface area contributed by atoms with E-state index in [1.807, 2.05) is 13.3 Å². The van der Waals surface area contributed by atoms with Gasteiger partial charge in [-0.1, -0.05) is 6.92 Å². The molecular weight excluding hydrogens is 342 g/mol. The van der Waals surface area contributed by atoms with Gasteiger partial charge in [-0.3, -0.25) is 0 Å². The van der Waals surface area contributed by atoms with E-state index in [2.05, 4.69) is 31.6 Å². The molecule has 0 amide bonds. The number of aromatic hydroxyl groups is 1. The quantitative estimate of drug-likeness (QED) is 0.763. The van der Waals surface area contributed by atoms with E-state index in [0.717, 1.165) is 42.8 Å². The zero-order valence-corrected chi connectivity index (χ0v) is 16.0. The number of hydrogen-bond acceptors (Lipinski definition) is 6. The van der Waals surface area contributed by atoms with E-state index >= 15 is 0 Å². The SMILES string of the molecule is CCN1CCC[C@@H](n2cnc3c(C)c(-c4ccc(OC)cc4O)nnc32)C1. The Labute approximate surface area is 158 Å². The summed E-state index contributed by atoms with van der Waals surface area (Å²) < 4.78 is 7.32. The summed E-state index contributed by atoms with van der Waals surface area (Å²) in [5.41, 5.74) is 3.84. The normalized spacial score (nSPS) is 18.1. The molecule has 0 radical (unpaired) electrons. The van der Waals surface area contributed by atoms with Gasteiger partial charge in [-0.05, 0) is 45.0 Å². The van der Waals surface area contributed by atoms with Gasteiger partial charge in [-0.2, -0.15) is 0 Å². The molecule has 1 atom stereocenters. The van der Waals surface area contributed by atoms with Crippen LogP contribution < -0.4 is 4.74 Å². The first-order valence-electron chi connectivity index (χ1n) is 9.42. The standard InChI is InChI=1S/C20H25N5O2/c1-4-24-9-5-6-14(11-24)25-12-21-19-13(2)18(22-23-20(19)25)16-8-7-15(27-3)10-17(16)26/h7-8,10,12,14,26H,4-6,9,11H2,1-3H3/t14-/m1/s1. The molecule has 7 nitrogen and oxygen atoms in total. The molecule has 1 N–H and O–H groups in total. The van der Waals surface area contributed by atoms with Crippen molar-refractivity contribution >= 4 is 11.2 Å². The van der Waals surface area contributed by atoms with Crippen molar-refractivity contribution in [2.45, 2.75) is 32.7 Å². The number of rotatable bonds is 4. The Morgan fingerprint density at radius 2 is 2.15 bits per heavy atom. The highest BCUT2D eigenvalue weighted by molar-refractivity contribution is 5.83. The van der Waals surface area contributed by atoms with Crippen molar-refractivity contribution in [3.63, 3.8) is 0 Å². The van der Waals surface area contributed by atoms with Crippen LogP contribution >= 0.6 is 0 Å². The van der Waals surface area contributed by atoms with Crippen LogP contribution in [-0.4, -0.2) is 56.5 Å². The van der Waals surface area contributed by atoms with E-state index < -0.39 is 0 Å². The summed E-state index contributed by atoms with van der Waals surface area (Å²) in [6, 6.07) is 5.56. The van der Waals surface area contributed by atoms with Gasteiger partial charge >= 0.3 is 0 Å². The van der Waals surface area contributed by atoms with E-state index in [-0.39, 0.29) is 5.75 Å². The van der Waals surface area contributed by atoms with Crippen molar-refractivity contribution in [2.24, 2.45) is 0 Å². The van der Waals surface area contributed by atoms with Crippen LogP contribution in [0.15, 0.2) is 24.5 Å². The van der Waals surface area contributed by atoms with Crippen LogP contribution in [0.4, 0.5) is 0 Å². The lowest BCUT2D eigenvalue weighted by Crippen LogP contribution is -2.36. The molecule has 0 aliphatic carbocycles. The summed E-state index contributed by atoms with van der Waals surface area (Å²) in [7, 11) is 1.57.